The summed E-state index contributed by atoms with van der Waals surface area (Å²) in [5, 5.41) is 3.33. The van der Waals surface area contributed by atoms with E-state index in [0.29, 0.717) is 41.5 Å². The summed E-state index contributed by atoms with van der Waals surface area (Å²) in [6.07, 6.45) is 1.23. The third-order valence-corrected chi connectivity index (χ3v) is 8.10. The van der Waals surface area contributed by atoms with Crippen molar-refractivity contribution in [1.82, 2.24) is 9.29 Å². The number of piperidine rings is 1. The van der Waals surface area contributed by atoms with E-state index in [2.05, 4.69) is 10.3 Å². The lowest BCUT2D eigenvalue weighted by atomic mass is 9.99. The number of fused-ring (bicyclic) bond motifs is 1. The summed E-state index contributed by atoms with van der Waals surface area (Å²) in [7, 11) is -0.585. The molecule has 2 heterocycles. The fourth-order valence-corrected chi connectivity index (χ4v) is 6.03. The van der Waals surface area contributed by atoms with Crippen molar-refractivity contribution in [3.05, 3.63) is 42.5 Å². The van der Waals surface area contributed by atoms with Crippen LogP contribution in [0.25, 0.3) is 10.2 Å². The van der Waals surface area contributed by atoms with Gasteiger partial charge in [-0.05, 0) is 49.2 Å². The molecule has 1 aliphatic heterocycles. The molecule has 0 saturated carbocycles. The number of ether oxygens (including phenoxy) is 2. The van der Waals surface area contributed by atoms with Gasteiger partial charge >= 0.3 is 0 Å². The SMILES string of the molecule is COc1ccc(S(=O)(=O)N2CCCC(C(=O)Nc3nc4c(OC)cccc4s3)C2)cc1. The number of nitrogens with zero attached hydrogens (tertiary/aromatic N) is 2. The van der Waals surface area contributed by atoms with Gasteiger partial charge in [0.1, 0.15) is 17.0 Å². The van der Waals surface area contributed by atoms with Gasteiger partial charge in [-0.1, -0.05) is 17.4 Å². The number of thiazole rings is 1. The number of hydrogen-bond donors (Lipinski definition) is 1. The van der Waals surface area contributed by atoms with Gasteiger partial charge in [0.25, 0.3) is 0 Å². The van der Waals surface area contributed by atoms with E-state index in [0.717, 1.165) is 4.70 Å². The Morgan fingerprint density at radius 2 is 1.94 bits per heavy atom. The average Bonchev–Trinajstić information content (AvgIpc) is 3.21. The molecule has 1 unspecified atom stereocenters. The fourth-order valence-electron chi connectivity index (χ4n) is 3.62. The van der Waals surface area contributed by atoms with Crippen LogP contribution in [0.3, 0.4) is 0 Å². The molecule has 0 spiro atoms. The number of aromatic nitrogens is 1. The number of methoxy groups -OCH3 is 2. The van der Waals surface area contributed by atoms with Crippen molar-refractivity contribution >= 4 is 42.6 Å². The first-order chi connectivity index (χ1) is 14.9. The summed E-state index contributed by atoms with van der Waals surface area (Å²) < 4.78 is 38.8. The van der Waals surface area contributed by atoms with Crippen LogP contribution in [-0.4, -0.2) is 50.9 Å². The second kappa shape index (κ2) is 8.81. The molecule has 164 valence electrons. The quantitative estimate of drug-likeness (QED) is 0.605. The Hall–Kier alpha value is -2.69. The minimum atomic E-state index is -3.69. The number of rotatable bonds is 6. The fraction of sp³-hybridized carbons (Fsp3) is 0.333. The summed E-state index contributed by atoms with van der Waals surface area (Å²) in [6, 6.07) is 11.9. The van der Waals surface area contributed by atoms with Gasteiger partial charge in [0.05, 0.1) is 29.7 Å². The van der Waals surface area contributed by atoms with E-state index in [1.807, 2.05) is 18.2 Å². The largest absolute Gasteiger partial charge is 0.497 e. The van der Waals surface area contributed by atoms with Gasteiger partial charge in [0.2, 0.25) is 15.9 Å². The first kappa shape index (κ1) is 21.5. The summed E-state index contributed by atoms with van der Waals surface area (Å²) in [4.78, 5) is 17.5. The monoisotopic (exact) mass is 461 g/mol. The highest BCUT2D eigenvalue weighted by Crippen LogP contribution is 2.33. The Kier molecular flexibility index (Phi) is 6.12. The zero-order valence-corrected chi connectivity index (χ0v) is 18.8. The van der Waals surface area contributed by atoms with E-state index >= 15 is 0 Å². The minimum absolute atomic E-state index is 0.133. The molecule has 31 heavy (non-hydrogen) atoms. The van der Waals surface area contributed by atoms with Crippen molar-refractivity contribution in [1.29, 1.82) is 0 Å². The summed E-state index contributed by atoms with van der Waals surface area (Å²) >= 11 is 1.36. The second-order valence-corrected chi connectivity index (χ2v) is 10.2. The molecule has 1 aliphatic rings. The Balaban J connectivity index is 1.48. The Morgan fingerprint density at radius 1 is 1.16 bits per heavy atom. The topological polar surface area (TPSA) is 97.8 Å². The molecule has 4 rings (SSSR count). The third kappa shape index (κ3) is 4.36. The minimum Gasteiger partial charge on any atom is -0.497 e. The van der Waals surface area contributed by atoms with E-state index in [4.69, 9.17) is 9.47 Å². The molecule has 1 fully saturated rings. The van der Waals surface area contributed by atoms with Crippen molar-refractivity contribution < 1.29 is 22.7 Å². The van der Waals surface area contributed by atoms with E-state index in [9.17, 15) is 13.2 Å². The van der Waals surface area contributed by atoms with Crippen LogP contribution in [0, 0.1) is 5.92 Å². The Labute approximate surface area is 184 Å². The van der Waals surface area contributed by atoms with Crippen LogP contribution < -0.4 is 14.8 Å². The number of carbonyl (C=O) groups excluding carboxylic acids is 1. The lowest BCUT2D eigenvalue weighted by Crippen LogP contribution is -2.43. The molecule has 10 heteroatoms. The lowest BCUT2D eigenvalue weighted by molar-refractivity contribution is -0.120. The lowest BCUT2D eigenvalue weighted by Gasteiger charge is -2.31. The molecular formula is C21H23N3O5S2. The van der Waals surface area contributed by atoms with Crippen molar-refractivity contribution in [2.24, 2.45) is 5.92 Å². The van der Waals surface area contributed by atoms with Crippen LogP contribution in [0.15, 0.2) is 47.4 Å². The molecule has 0 aliphatic carbocycles. The predicted octanol–water partition coefficient (Wildman–Crippen LogP) is 3.35. The molecule has 8 nitrogen and oxygen atoms in total. The number of carbonyl (C=O) groups is 1. The molecule has 3 aromatic rings. The zero-order valence-electron chi connectivity index (χ0n) is 17.2. The molecule has 0 radical (unpaired) electrons. The highest BCUT2D eigenvalue weighted by Gasteiger charge is 2.33. The summed E-state index contributed by atoms with van der Waals surface area (Å²) in [6.45, 7) is 0.519. The maximum Gasteiger partial charge on any atom is 0.243 e. The van der Waals surface area contributed by atoms with Gasteiger partial charge < -0.3 is 14.8 Å². The van der Waals surface area contributed by atoms with E-state index < -0.39 is 15.9 Å². The Bertz CT molecular complexity index is 1190. The number of amides is 1. The van der Waals surface area contributed by atoms with Gasteiger partial charge in [-0.15, -0.1) is 0 Å². The van der Waals surface area contributed by atoms with Crippen LogP contribution in [0.2, 0.25) is 0 Å². The van der Waals surface area contributed by atoms with Gasteiger partial charge in [-0.25, -0.2) is 13.4 Å². The van der Waals surface area contributed by atoms with E-state index in [-0.39, 0.29) is 17.3 Å². The molecule has 0 bridgehead atoms. The second-order valence-electron chi connectivity index (χ2n) is 7.19. The Morgan fingerprint density at radius 3 is 2.65 bits per heavy atom. The maximum absolute atomic E-state index is 13.0. The summed E-state index contributed by atoms with van der Waals surface area (Å²) in [5.41, 5.74) is 0.692. The highest BCUT2D eigenvalue weighted by atomic mass is 32.2. The number of sulfonamides is 1. The number of benzene rings is 2. The van der Waals surface area contributed by atoms with Crippen molar-refractivity contribution in [3.8, 4) is 11.5 Å². The van der Waals surface area contributed by atoms with Crippen LogP contribution >= 0.6 is 11.3 Å². The average molecular weight is 462 g/mol. The third-order valence-electron chi connectivity index (χ3n) is 5.28. The molecule has 1 N–H and O–H groups in total. The molecule has 1 atom stereocenters. The first-order valence-electron chi connectivity index (χ1n) is 9.81. The van der Waals surface area contributed by atoms with Gasteiger partial charge in [-0.2, -0.15) is 4.31 Å². The number of nitrogens with one attached hydrogen (secondary N) is 1. The number of para-hydroxylation sites is 1. The van der Waals surface area contributed by atoms with Crippen molar-refractivity contribution in [2.45, 2.75) is 17.7 Å². The highest BCUT2D eigenvalue weighted by molar-refractivity contribution is 7.89. The van der Waals surface area contributed by atoms with Gasteiger partial charge in [0, 0.05) is 13.1 Å². The van der Waals surface area contributed by atoms with Gasteiger partial charge in [0.15, 0.2) is 5.13 Å². The maximum atomic E-state index is 13.0. The normalized spacial score (nSPS) is 17.4. The molecule has 1 amide bonds. The van der Waals surface area contributed by atoms with Crippen molar-refractivity contribution in [2.75, 3.05) is 32.6 Å². The van der Waals surface area contributed by atoms with Crippen molar-refractivity contribution in [3.63, 3.8) is 0 Å². The first-order valence-corrected chi connectivity index (χ1v) is 12.1. The molecular weight excluding hydrogens is 438 g/mol. The van der Waals surface area contributed by atoms with Crippen LogP contribution in [-0.2, 0) is 14.8 Å². The van der Waals surface area contributed by atoms with E-state index in [1.165, 1.54) is 34.9 Å². The number of anilines is 1. The van der Waals surface area contributed by atoms with Crippen LogP contribution in [0.4, 0.5) is 5.13 Å². The molecule has 1 saturated heterocycles. The summed E-state index contributed by atoms with van der Waals surface area (Å²) in [5.74, 6) is 0.550. The standard InChI is InChI=1S/C21H23N3O5S2/c1-28-15-8-10-16(11-9-15)31(26,27)24-12-4-5-14(13-24)20(25)23-21-22-19-17(29-2)6-3-7-18(19)30-21/h3,6-11,14H,4-5,12-13H2,1-2H3,(H,22,23,25). The van der Waals surface area contributed by atoms with Crippen LogP contribution in [0.5, 0.6) is 11.5 Å². The molecule has 2 aromatic carbocycles. The molecule has 1 aromatic heterocycles. The van der Waals surface area contributed by atoms with Gasteiger partial charge in [-0.3, -0.25) is 4.79 Å². The zero-order chi connectivity index (χ0) is 22.0. The smallest absolute Gasteiger partial charge is 0.243 e. The van der Waals surface area contributed by atoms with Crippen LogP contribution in [0.1, 0.15) is 12.8 Å². The number of hydrogen-bond acceptors (Lipinski definition) is 7. The van der Waals surface area contributed by atoms with E-state index in [1.54, 1.807) is 19.2 Å². The predicted molar refractivity (Wildman–Crippen MR) is 119 cm³/mol.